The maximum atomic E-state index is 11.6. The molecule has 2 aliphatic heterocycles. The highest BCUT2D eigenvalue weighted by molar-refractivity contribution is 5.93. The number of carbonyl (C=O) groups excluding carboxylic acids is 1. The fourth-order valence-electron chi connectivity index (χ4n) is 4.43. The average Bonchev–Trinajstić information content (AvgIpc) is 2.74. The summed E-state index contributed by atoms with van der Waals surface area (Å²) in [6, 6.07) is 10.4. The van der Waals surface area contributed by atoms with E-state index in [1.54, 1.807) is 25.4 Å². The minimum atomic E-state index is -0.473. The van der Waals surface area contributed by atoms with E-state index in [4.69, 9.17) is 9.47 Å². The van der Waals surface area contributed by atoms with Crippen molar-refractivity contribution in [1.82, 2.24) is 15.2 Å². The third-order valence-electron chi connectivity index (χ3n) is 6.52. The summed E-state index contributed by atoms with van der Waals surface area (Å²) in [6.07, 6.45) is 7.46. The number of aromatic nitrogens is 1. The van der Waals surface area contributed by atoms with Gasteiger partial charge in [-0.15, -0.1) is 0 Å². The zero-order valence-corrected chi connectivity index (χ0v) is 17.3. The molecule has 0 bridgehead atoms. The normalized spacial score (nSPS) is 20.7. The molecular formula is C23H28N4O3. The van der Waals surface area contributed by atoms with Gasteiger partial charge in [-0.3, -0.25) is 9.69 Å². The van der Waals surface area contributed by atoms with Gasteiger partial charge in [-0.05, 0) is 43.2 Å². The van der Waals surface area contributed by atoms with Crippen molar-refractivity contribution in [1.29, 1.82) is 0 Å². The molecule has 1 aromatic heterocycles. The number of nitrogens with zero attached hydrogens (tertiary/aromatic N) is 2. The van der Waals surface area contributed by atoms with Crippen molar-refractivity contribution >= 4 is 17.4 Å². The van der Waals surface area contributed by atoms with Crippen molar-refractivity contribution in [2.75, 3.05) is 25.5 Å². The van der Waals surface area contributed by atoms with Crippen LogP contribution in [0.25, 0.3) is 0 Å². The molecular weight excluding hydrogens is 380 g/mol. The number of benzene rings is 1. The molecule has 0 unspecified atom stereocenters. The number of ether oxygens (including phenoxy) is 2. The summed E-state index contributed by atoms with van der Waals surface area (Å²) in [5.41, 5.74) is 2.48. The van der Waals surface area contributed by atoms with Gasteiger partial charge in [0.15, 0.2) is 0 Å². The van der Waals surface area contributed by atoms with Crippen LogP contribution >= 0.6 is 0 Å². The van der Waals surface area contributed by atoms with Crippen LogP contribution in [-0.2, 0) is 11.3 Å². The van der Waals surface area contributed by atoms with Crippen molar-refractivity contribution in [2.45, 2.75) is 50.5 Å². The quantitative estimate of drug-likeness (QED) is 0.807. The van der Waals surface area contributed by atoms with E-state index in [0.717, 1.165) is 49.0 Å². The van der Waals surface area contributed by atoms with Crippen LogP contribution in [-0.4, -0.2) is 47.8 Å². The SMILES string of the molecule is CNC(=O)c1ccc(Nc2ccc3c(c2)COC2(CCN(C4CCC4)CC2)O3)nc1. The van der Waals surface area contributed by atoms with Gasteiger partial charge < -0.3 is 20.1 Å². The minimum Gasteiger partial charge on any atom is -0.462 e. The van der Waals surface area contributed by atoms with E-state index in [0.29, 0.717) is 18.0 Å². The zero-order valence-electron chi connectivity index (χ0n) is 17.3. The first-order chi connectivity index (χ1) is 14.6. The topological polar surface area (TPSA) is 75.7 Å². The number of hydrogen-bond donors (Lipinski definition) is 2. The Kier molecular flexibility index (Phi) is 5.08. The molecule has 7 heteroatoms. The number of likely N-dealkylation sites (tertiary alicyclic amines) is 1. The lowest BCUT2D eigenvalue weighted by atomic mass is 9.89. The molecule has 2 fully saturated rings. The van der Waals surface area contributed by atoms with Gasteiger partial charge in [-0.1, -0.05) is 6.42 Å². The standard InChI is InChI=1S/C23H28N4O3/c1-24-22(28)16-5-8-21(25-14-16)26-18-6-7-20-17(13-18)15-29-23(30-20)9-11-27(12-10-23)19-3-2-4-19/h5-8,13-14,19H,2-4,9-12,15H2,1H3,(H,24,28)(H,25,26). The number of piperidine rings is 1. The number of anilines is 2. The Bertz CT molecular complexity index is 919. The highest BCUT2D eigenvalue weighted by Gasteiger charge is 2.42. The lowest BCUT2D eigenvalue weighted by Gasteiger charge is -2.47. The molecule has 3 aliphatic rings. The summed E-state index contributed by atoms with van der Waals surface area (Å²) >= 11 is 0. The summed E-state index contributed by atoms with van der Waals surface area (Å²) in [6.45, 7) is 2.66. The number of nitrogens with one attached hydrogen (secondary N) is 2. The third-order valence-corrected chi connectivity index (χ3v) is 6.52. The van der Waals surface area contributed by atoms with E-state index in [-0.39, 0.29) is 5.91 Å². The molecule has 3 heterocycles. The van der Waals surface area contributed by atoms with Crippen LogP contribution < -0.4 is 15.4 Å². The van der Waals surface area contributed by atoms with Gasteiger partial charge in [-0.2, -0.15) is 0 Å². The fourth-order valence-corrected chi connectivity index (χ4v) is 4.43. The molecule has 30 heavy (non-hydrogen) atoms. The summed E-state index contributed by atoms with van der Waals surface area (Å²) in [4.78, 5) is 18.6. The van der Waals surface area contributed by atoms with E-state index >= 15 is 0 Å². The van der Waals surface area contributed by atoms with Crippen molar-refractivity contribution in [3.05, 3.63) is 47.7 Å². The minimum absolute atomic E-state index is 0.149. The summed E-state index contributed by atoms with van der Waals surface area (Å²) in [5.74, 6) is 0.968. The Hall–Kier alpha value is -2.64. The van der Waals surface area contributed by atoms with Crippen molar-refractivity contribution in [3.63, 3.8) is 0 Å². The van der Waals surface area contributed by atoms with E-state index < -0.39 is 5.79 Å². The van der Waals surface area contributed by atoms with Crippen LogP contribution in [0, 0.1) is 0 Å². The molecule has 158 valence electrons. The third kappa shape index (κ3) is 3.75. The Balaban J connectivity index is 1.23. The molecule has 0 radical (unpaired) electrons. The highest BCUT2D eigenvalue weighted by atomic mass is 16.7. The maximum absolute atomic E-state index is 11.6. The molecule has 1 saturated carbocycles. The molecule has 7 nitrogen and oxygen atoms in total. The first-order valence-corrected chi connectivity index (χ1v) is 10.8. The van der Waals surface area contributed by atoms with E-state index in [2.05, 4.69) is 20.5 Å². The van der Waals surface area contributed by atoms with Crippen LogP contribution in [0.3, 0.4) is 0 Å². The largest absolute Gasteiger partial charge is 0.462 e. The van der Waals surface area contributed by atoms with Crippen LogP contribution in [0.1, 0.15) is 48.0 Å². The van der Waals surface area contributed by atoms with Crippen LogP contribution in [0.2, 0.25) is 0 Å². The second-order valence-electron chi connectivity index (χ2n) is 8.38. The summed E-state index contributed by atoms with van der Waals surface area (Å²) in [7, 11) is 1.60. The predicted octanol–water partition coefficient (Wildman–Crippen LogP) is 3.44. The monoisotopic (exact) mass is 408 g/mol. The number of pyridine rings is 1. The molecule has 1 saturated heterocycles. The molecule has 1 amide bonds. The first kappa shape index (κ1) is 19.3. The lowest BCUT2D eigenvalue weighted by Crippen LogP contribution is -2.54. The van der Waals surface area contributed by atoms with E-state index in [1.165, 1.54) is 19.3 Å². The molecule has 2 aromatic rings. The number of hydrogen-bond acceptors (Lipinski definition) is 6. The van der Waals surface area contributed by atoms with Gasteiger partial charge in [-0.25, -0.2) is 4.98 Å². The maximum Gasteiger partial charge on any atom is 0.252 e. The average molecular weight is 409 g/mol. The smallest absolute Gasteiger partial charge is 0.252 e. The summed E-state index contributed by atoms with van der Waals surface area (Å²) in [5, 5.41) is 5.87. The number of fused-ring (bicyclic) bond motifs is 1. The molecule has 1 aromatic carbocycles. The van der Waals surface area contributed by atoms with Gasteiger partial charge in [0.25, 0.3) is 5.91 Å². The molecule has 1 spiro atoms. The van der Waals surface area contributed by atoms with Gasteiger partial charge in [0.1, 0.15) is 11.6 Å². The van der Waals surface area contributed by atoms with Crippen molar-refractivity contribution < 1.29 is 14.3 Å². The van der Waals surface area contributed by atoms with Crippen molar-refractivity contribution in [2.24, 2.45) is 0 Å². The van der Waals surface area contributed by atoms with Crippen LogP contribution in [0.4, 0.5) is 11.5 Å². The van der Waals surface area contributed by atoms with Gasteiger partial charge in [0, 0.05) is 56.5 Å². The fraction of sp³-hybridized carbons (Fsp3) is 0.478. The Morgan fingerprint density at radius 2 is 2.03 bits per heavy atom. The molecule has 0 atom stereocenters. The number of rotatable bonds is 4. The van der Waals surface area contributed by atoms with Gasteiger partial charge in [0.05, 0.1) is 12.2 Å². The Morgan fingerprint density at radius 1 is 1.20 bits per heavy atom. The summed E-state index contributed by atoms with van der Waals surface area (Å²) < 4.78 is 12.6. The van der Waals surface area contributed by atoms with Gasteiger partial charge in [0.2, 0.25) is 5.79 Å². The second kappa shape index (κ2) is 7.89. The predicted molar refractivity (Wildman–Crippen MR) is 114 cm³/mol. The lowest BCUT2D eigenvalue weighted by molar-refractivity contribution is -0.231. The highest BCUT2D eigenvalue weighted by Crippen LogP contribution is 2.40. The molecule has 1 aliphatic carbocycles. The van der Waals surface area contributed by atoms with Crippen LogP contribution in [0.5, 0.6) is 5.75 Å². The van der Waals surface area contributed by atoms with Gasteiger partial charge >= 0.3 is 0 Å². The molecule has 5 rings (SSSR count). The van der Waals surface area contributed by atoms with Crippen molar-refractivity contribution in [3.8, 4) is 5.75 Å². The first-order valence-electron chi connectivity index (χ1n) is 10.8. The Morgan fingerprint density at radius 3 is 2.70 bits per heavy atom. The zero-order chi connectivity index (χ0) is 20.6. The Labute approximate surface area is 176 Å². The second-order valence-corrected chi connectivity index (χ2v) is 8.38. The number of carbonyl (C=O) groups is 1. The van der Waals surface area contributed by atoms with E-state index in [1.807, 2.05) is 18.2 Å². The van der Waals surface area contributed by atoms with Crippen LogP contribution in [0.15, 0.2) is 36.5 Å². The number of amides is 1. The molecule has 2 N–H and O–H groups in total. The van der Waals surface area contributed by atoms with E-state index in [9.17, 15) is 4.79 Å².